The van der Waals surface area contributed by atoms with Crippen molar-refractivity contribution in [3.05, 3.63) is 45.9 Å². The zero-order chi connectivity index (χ0) is 14.8. The molecule has 0 N–H and O–H groups in total. The lowest BCUT2D eigenvalue weighted by molar-refractivity contribution is 0.0992. The molecule has 0 atom stereocenters. The zero-order valence-electron chi connectivity index (χ0n) is 12.3. The van der Waals surface area contributed by atoms with Gasteiger partial charge in [0.2, 0.25) is 0 Å². The highest BCUT2D eigenvalue weighted by Crippen LogP contribution is 2.24. The molecule has 0 aliphatic rings. The van der Waals surface area contributed by atoms with E-state index in [1.54, 1.807) is 24.5 Å². The van der Waals surface area contributed by atoms with Gasteiger partial charge in [-0.25, -0.2) is 4.98 Å². The third-order valence-corrected chi connectivity index (χ3v) is 3.87. The van der Waals surface area contributed by atoms with Gasteiger partial charge in [0.25, 0.3) is 0 Å². The smallest absolute Gasteiger partial charge is 0.169 e. The average Bonchev–Trinajstić information content (AvgIpc) is 2.87. The van der Waals surface area contributed by atoms with Gasteiger partial charge in [0.05, 0.1) is 19.2 Å². The summed E-state index contributed by atoms with van der Waals surface area (Å²) in [6.45, 7) is 6.36. The number of benzene rings is 1. The Bertz CT molecular complexity index is 611. The minimum Gasteiger partial charge on any atom is -0.497 e. The van der Waals surface area contributed by atoms with Gasteiger partial charge in [0, 0.05) is 16.4 Å². The van der Waals surface area contributed by atoms with Gasteiger partial charge >= 0.3 is 0 Å². The van der Waals surface area contributed by atoms with Crippen molar-refractivity contribution < 1.29 is 9.53 Å². The molecule has 0 amide bonds. The molecule has 1 heterocycles. The molecule has 0 spiro atoms. The highest BCUT2D eigenvalue weighted by atomic mass is 32.1. The lowest BCUT2D eigenvalue weighted by Gasteiger charge is -2.14. The lowest BCUT2D eigenvalue weighted by Crippen LogP contribution is -2.12. The van der Waals surface area contributed by atoms with Gasteiger partial charge in [0.15, 0.2) is 5.78 Å². The predicted octanol–water partition coefficient (Wildman–Crippen LogP) is 3.87. The van der Waals surface area contributed by atoms with E-state index in [1.165, 1.54) is 0 Å². The quantitative estimate of drug-likeness (QED) is 0.802. The van der Waals surface area contributed by atoms with Crippen LogP contribution in [-0.2, 0) is 11.8 Å². The number of hydrogen-bond acceptors (Lipinski definition) is 4. The van der Waals surface area contributed by atoms with Crippen LogP contribution in [0.2, 0.25) is 0 Å². The first kappa shape index (κ1) is 14.7. The number of hydrogen-bond donors (Lipinski definition) is 0. The van der Waals surface area contributed by atoms with Gasteiger partial charge in [-0.05, 0) is 12.1 Å². The SMILES string of the molecule is COc1cccc(C(=O)Cc2nc(C(C)(C)C)cs2)c1. The first-order valence-corrected chi connectivity index (χ1v) is 7.40. The van der Waals surface area contributed by atoms with Crippen molar-refractivity contribution in [2.24, 2.45) is 0 Å². The van der Waals surface area contributed by atoms with Crippen LogP contribution in [0, 0.1) is 0 Å². The second kappa shape index (κ2) is 5.75. The minimum absolute atomic E-state index is 0.0216. The molecule has 106 valence electrons. The molecule has 0 aliphatic carbocycles. The fourth-order valence-corrected chi connectivity index (χ4v) is 2.79. The summed E-state index contributed by atoms with van der Waals surface area (Å²) in [4.78, 5) is 16.8. The zero-order valence-corrected chi connectivity index (χ0v) is 13.1. The molecule has 3 nitrogen and oxygen atoms in total. The number of ether oxygens (including phenoxy) is 1. The van der Waals surface area contributed by atoms with Gasteiger partial charge in [-0.2, -0.15) is 0 Å². The van der Waals surface area contributed by atoms with E-state index in [0.29, 0.717) is 17.7 Å². The van der Waals surface area contributed by atoms with E-state index in [0.717, 1.165) is 10.7 Å². The first-order chi connectivity index (χ1) is 9.40. The topological polar surface area (TPSA) is 39.2 Å². The van der Waals surface area contributed by atoms with Crippen molar-refractivity contribution in [2.75, 3.05) is 7.11 Å². The molecule has 4 heteroatoms. The third-order valence-electron chi connectivity index (χ3n) is 3.02. The number of methoxy groups -OCH3 is 1. The third kappa shape index (κ3) is 3.45. The number of ketones is 1. The van der Waals surface area contributed by atoms with Crippen LogP contribution in [0.4, 0.5) is 0 Å². The van der Waals surface area contributed by atoms with Gasteiger partial charge in [-0.1, -0.05) is 32.9 Å². The van der Waals surface area contributed by atoms with Crippen molar-refractivity contribution >= 4 is 17.1 Å². The van der Waals surface area contributed by atoms with E-state index in [4.69, 9.17) is 4.74 Å². The van der Waals surface area contributed by atoms with E-state index in [-0.39, 0.29) is 11.2 Å². The van der Waals surface area contributed by atoms with Crippen LogP contribution < -0.4 is 4.74 Å². The maximum Gasteiger partial charge on any atom is 0.169 e. The maximum absolute atomic E-state index is 12.3. The van der Waals surface area contributed by atoms with Crippen molar-refractivity contribution in [1.82, 2.24) is 4.98 Å². The Balaban J connectivity index is 2.13. The first-order valence-electron chi connectivity index (χ1n) is 6.52. The highest BCUT2D eigenvalue weighted by molar-refractivity contribution is 7.09. The van der Waals surface area contributed by atoms with E-state index < -0.39 is 0 Å². The van der Waals surface area contributed by atoms with Gasteiger partial charge in [-0.3, -0.25) is 4.79 Å². The van der Waals surface area contributed by atoms with Crippen LogP contribution >= 0.6 is 11.3 Å². The van der Waals surface area contributed by atoms with Crippen LogP contribution in [0.3, 0.4) is 0 Å². The Labute approximate surface area is 123 Å². The molecular formula is C16H19NO2S. The molecule has 1 aromatic heterocycles. The van der Waals surface area contributed by atoms with Crippen molar-refractivity contribution in [3.63, 3.8) is 0 Å². The number of Topliss-reactive ketones (excluding diaryl/α,β-unsaturated/α-hetero) is 1. The van der Waals surface area contributed by atoms with Gasteiger partial charge < -0.3 is 4.74 Å². The Morgan fingerprint density at radius 2 is 2.10 bits per heavy atom. The second-order valence-corrected chi connectivity index (χ2v) is 6.65. The minimum atomic E-state index is 0.0216. The van der Waals surface area contributed by atoms with Crippen LogP contribution in [0.1, 0.15) is 41.8 Å². The molecule has 0 saturated carbocycles. The largest absolute Gasteiger partial charge is 0.497 e. The van der Waals surface area contributed by atoms with Crippen LogP contribution in [0.25, 0.3) is 0 Å². The summed E-state index contributed by atoms with van der Waals surface area (Å²) >= 11 is 1.55. The summed E-state index contributed by atoms with van der Waals surface area (Å²) in [6, 6.07) is 7.23. The average molecular weight is 289 g/mol. The van der Waals surface area contributed by atoms with Gasteiger partial charge in [-0.15, -0.1) is 11.3 Å². The van der Waals surface area contributed by atoms with E-state index in [2.05, 4.69) is 25.8 Å². The second-order valence-electron chi connectivity index (χ2n) is 5.71. The molecule has 20 heavy (non-hydrogen) atoms. The van der Waals surface area contributed by atoms with E-state index in [1.807, 2.05) is 23.6 Å². The molecular weight excluding hydrogens is 270 g/mol. The molecule has 0 bridgehead atoms. The molecule has 0 fully saturated rings. The van der Waals surface area contributed by atoms with Crippen LogP contribution in [0.5, 0.6) is 5.75 Å². The van der Waals surface area contributed by atoms with Gasteiger partial charge in [0.1, 0.15) is 10.8 Å². The molecule has 0 saturated heterocycles. The Hall–Kier alpha value is -1.68. The Morgan fingerprint density at radius 3 is 2.70 bits per heavy atom. The summed E-state index contributed by atoms with van der Waals surface area (Å²) in [5.41, 5.74) is 1.72. The number of nitrogens with zero attached hydrogens (tertiary/aromatic N) is 1. The van der Waals surface area contributed by atoms with E-state index >= 15 is 0 Å². The van der Waals surface area contributed by atoms with Crippen molar-refractivity contribution in [2.45, 2.75) is 32.6 Å². The summed E-state index contributed by atoms with van der Waals surface area (Å²) in [5, 5.41) is 2.90. The molecule has 1 aromatic carbocycles. The van der Waals surface area contributed by atoms with Crippen molar-refractivity contribution in [3.8, 4) is 5.75 Å². The van der Waals surface area contributed by atoms with Crippen LogP contribution in [-0.4, -0.2) is 17.9 Å². The maximum atomic E-state index is 12.3. The monoisotopic (exact) mass is 289 g/mol. The lowest BCUT2D eigenvalue weighted by atomic mass is 9.93. The number of thiazole rings is 1. The van der Waals surface area contributed by atoms with E-state index in [9.17, 15) is 4.79 Å². The van der Waals surface area contributed by atoms with Crippen molar-refractivity contribution in [1.29, 1.82) is 0 Å². The summed E-state index contributed by atoms with van der Waals surface area (Å²) in [5.74, 6) is 0.768. The summed E-state index contributed by atoms with van der Waals surface area (Å²) < 4.78 is 5.14. The van der Waals surface area contributed by atoms with Crippen LogP contribution in [0.15, 0.2) is 29.6 Å². The Kier molecular flexibility index (Phi) is 4.23. The predicted molar refractivity (Wildman–Crippen MR) is 81.8 cm³/mol. The fourth-order valence-electron chi connectivity index (χ4n) is 1.77. The molecule has 2 rings (SSSR count). The molecule has 0 unspecified atom stereocenters. The summed E-state index contributed by atoms with van der Waals surface area (Å²) in [7, 11) is 1.60. The normalized spacial score (nSPS) is 11.4. The Morgan fingerprint density at radius 1 is 1.35 bits per heavy atom. The fraction of sp³-hybridized carbons (Fsp3) is 0.375. The number of carbonyl (C=O) groups excluding carboxylic acids is 1. The summed E-state index contributed by atoms with van der Waals surface area (Å²) in [6.07, 6.45) is 0.341. The number of aromatic nitrogens is 1. The molecule has 0 aliphatic heterocycles. The highest BCUT2D eigenvalue weighted by Gasteiger charge is 2.18. The number of carbonyl (C=O) groups is 1. The molecule has 2 aromatic rings. The molecule has 0 radical (unpaired) electrons. The standard InChI is InChI=1S/C16H19NO2S/c1-16(2,3)14-10-20-15(17-14)9-13(18)11-6-5-7-12(8-11)19-4/h5-8,10H,9H2,1-4H3. The number of rotatable bonds is 4.